The van der Waals surface area contributed by atoms with Crippen LogP contribution in [-0.2, 0) is 4.79 Å². The number of hydrogen-bond acceptors (Lipinski definition) is 6. The second-order valence-corrected chi connectivity index (χ2v) is 9.43. The number of likely N-dealkylation sites (tertiary alicyclic amines) is 1. The third-order valence-corrected chi connectivity index (χ3v) is 7.60. The Morgan fingerprint density at radius 1 is 1.13 bits per heavy atom. The number of anilines is 1. The normalized spacial score (nSPS) is 37.0. The number of nitrogens with zero attached hydrogens (tertiary/aromatic N) is 3. The molecular weight excluding hydrogens is 400 g/mol. The van der Waals surface area contributed by atoms with Crippen molar-refractivity contribution in [2.45, 2.75) is 56.4 Å². The van der Waals surface area contributed by atoms with Crippen molar-refractivity contribution in [1.82, 2.24) is 20.7 Å². The van der Waals surface area contributed by atoms with E-state index in [0.29, 0.717) is 17.6 Å². The van der Waals surface area contributed by atoms with Gasteiger partial charge in [0.2, 0.25) is 5.91 Å². The van der Waals surface area contributed by atoms with Crippen molar-refractivity contribution in [2.24, 2.45) is 11.8 Å². The van der Waals surface area contributed by atoms with Gasteiger partial charge in [-0.3, -0.25) is 4.79 Å². The van der Waals surface area contributed by atoms with E-state index in [1.807, 2.05) is 24.3 Å². The molecule has 1 aromatic carbocycles. The highest BCUT2D eigenvalue weighted by molar-refractivity contribution is 6.30. The molecule has 0 bridgehead atoms. The second kappa shape index (κ2) is 8.35. The minimum absolute atomic E-state index is 0.0169. The molecule has 0 radical (unpaired) electrons. The largest absolute Gasteiger partial charge is 0.368 e. The van der Waals surface area contributed by atoms with Crippen LogP contribution < -0.4 is 16.1 Å². The number of halogens is 1. The number of amides is 1. The molecule has 3 aliphatic heterocycles. The van der Waals surface area contributed by atoms with Gasteiger partial charge < -0.3 is 15.5 Å². The molecule has 3 heterocycles. The van der Waals surface area contributed by atoms with Crippen molar-refractivity contribution in [3.63, 3.8) is 0 Å². The topological polar surface area (TPSA) is 83.4 Å². The molecule has 3 unspecified atom stereocenters. The summed E-state index contributed by atoms with van der Waals surface area (Å²) < 4.78 is 0. The number of piperidine rings is 1. The van der Waals surface area contributed by atoms with Gasteiger partial charge in [0, 0.05) is 35.4 Å². The Balaban J connectivity index is 1.34. The number of rotatable bonds is 4. The minimum atomic E-state index is -0.205. The highest BCUT2D eigenvalue weighted by Gasteiger charge is 2.51. The van der Waals surface area contributed by atoms with Gasteiger partial charge in [-0.05, 0) is 69.5 Å². The van der Waals surface area contributed by atoms with Crippen LogP contribution in [0.25, 0.3) is 0 Å². The zero-order valence-corrected chi connectivity index (χ0v) is 17.8. The van der Waals surface area contributed by atoms with Crippen molar-refractivity contribution < 1.29 is 4.79 Å². The van der Waals surface area contributed by atoms with E-state index < -0.39 is 0 Å². The van der Waals surface area contributed by atoms with Crippen LogP contribution in [0.5, 0.6) is 0 Å². The van der Waals surface area contributed by atoms with Crippen LogP contribution in [0, 0.1) is 23.2 Å². The average Bonchev–Trinajstić information content (AvgIpc) is 3.08. The third kappa shape index (κ3) is 3.67. The predicted octanol–water partition coefficient (Wildman–Crippen LogP) is 2.17. The first-order valence-electron chi connectivity index (χ1n) is 11.1. The maximum Gasteiger partial charge on any atom is 0.228 e. The molecule has 8 heteroatoms. The van der Waals surface area contributed by atoms with Crippen molar-refractivity contribution in [3.05, 3.63) is 29.3 Å². The lowest BCUT2D eigenvalue weighted by molar-refractivity contribution is -0.128. The first-order chi connectivity index (χ1) is 14.6. The van der Waals surface area contributed by atoms with Gasteiger partial charge in [0.1, 0.15) is 6.17 Å². The van der Waals surface area contributed by atoms with Crippen molar-refractivity contribution in [1.29, 1.82) is 5.26 Å². The third-order valence-electron chi connectivity index (χ3n) is 7.34. The Labute approximate surface area is 182 Å². The predicted molar refractivity (Wildman–Crippen MR) is 115 cm³/mol. The van der Waals surface area contributed by atoms with Crippen molar-refractivity contribution >= 4 is 23.2 Å². The van der Waals surface area contributed by atoms with E-state index in [9.17, 15) is 10.1 Å². The van der Waals surface area contributed by atoms with E-state index in [0.717, 1.165) is 31.4 Å². The van der Waals surface area contributed by atoms with Crippen LogP contribution in [0.1, 0.15) is 32.1 Å². The minimum Gasteiger partial charge on any atom is -0.368 e. The van der Waals surface area contributed by atoms with Gasteiger partial charge in [-0.2, -0.15) is 5.26 Å². The lowest BCUT2D eigenvalue weighted by Crippen LogP contribution is -2.57. The van der Waals surface area contributed by atoms with Gasteiger partial charge in [0.05, 0.1) is 17.9 Å². The fourth-order valence-corrected chi connectivity index (χ4v) is 5.79. The Hall–Kier alpha value is -1.85. The van der Waals surface area contributed by atoms with Crippen LogP contribution in [-0.4, -0.2) is 59.7 Å². The number of hydrazine groups is 1. The fraction of sp³-hybridized carbons (Fsp3) is 0.636. The molecule has 3 N–H and O–H groups in total. The highest BCUT2D eigenvalue weighted by Crippen LogP contribution is 2.38. The SMILES string of the molecule is N#C[C@H]1C[C@@H](N2CCC2)CC[C@@H]1N1NC(Nc2ccc(Cl)cc2)C2C(=O)NCCC21. The number of hydrogen-bond donors (Lipinski definition) is 3. The van der Waals surface area contributed by atoms with Crippen LogP contribution >= 0.6 is 11.6 Å². The molecule has 0 spiro atoms. The molecule has 4 aliphatic rings. The van der Waals surface area contributed by atoms with Crippen LogP contribution in [0.15, 0.2) is 24.3 Å². The lowest BCUT2D eigenvalue weighted by atomic mass is 9.79. The van der Waals surface area contributed by atoms with Gasteiger partial charge in [-0.15, -0.1) is 0 Å². The molecule has 7 nitrogen and oxygen atoms in total. The number of benzene rings is 1. The molecular formula is C22H29ClN6O. The van der Waals surface area contributed by atoms with Gasteiger partial charge in [0.15, 0.2) is 0 Å². The summed E-state index contributed by atoms with van der Waals surface area (Å²) in [4.78, 5) is 15.3. The van der Waals surface area contributed by atoms with E-state index >= 15 is 0 Å². The van der Waals surface area contributed by atoms with Crippen molar-refractivity contribution in [2.75, 3.05) is 25.0 Å². The maximum absolute atomic E-state index is 12.8. The van der Waals surface area contributed by atoms with E-state index in [-0.39, 0.29) is 36.0 Å². The first-order valence-corrected chi connectivity index (χ1v) is 11.5. The smallest absolute Gasteiger partial charge is 0.228 e. The van der Waals surface area contributed by atoms with Crippen LogP contribution in [0.4, 0.5) is 5.69 Å². The Bertz CT molecular complexity index is 822. The molecule has 30 heavy (non-hydrogen) atoms. The molecule has 1 aromatic rings. The Kier molecular flexibility index (Phi) is 5.59. The summed E-state index contributed by atoms with van der Waals surface area (Å²) in [6.07, 6.45) is 5.01. The maximum atomic E-state index is 12.8. The van der Waals surface area contributed by atoms with Gasteiger partial charge in [-0.25, -0.2) is 10.4 Å². The molecule has 3 saturated heterocycles. The standard InChI is InChI=1S/C22H29ClN6O/c23-15-2-4-16(5-3-15)26-21-20-19(8-9-25-22(20)30)29(27-21)18-7-6-17(12-14(18)13-24)28-10-1-11-28/h2-5,14,17-21,26-27H,1,6-12H2,(H,25,30)/t14-,17+,18+,19?,20?,21?/m1/s1. The highest BCUT2D eigenvalue weighted by atomic mass is 35.5. The molecule has 1 saturated carbocycles. The molecule has 0 aromatic heterocycles. The van der Waals surface area contributed by atoms with Gasteiger partial charge >= 0.3 is 0 Å². The number of fused-ring (bicyclic) bond motifs is 1. The zero-order chi connectivity index (χ0) is 20.7. The number of carbonyl (C=O) groups is 1. The lowest BCUT2D eigenvalue weighted by Gasteiger charge is -2.46. The Morgan fingerprint density at radius 3 is 2.63 bits per heavy atom. The van der Waals surface area contributed by atoms with E-state index in [1.54, 1.807) is 0 Å². The summed E-state index contributed by atoms with van der Waals surface area (Å²) in [7, 11) is 0. The summed E-state index contributed by atoms with van der Waals surface area (Å²) >= 11 is 6.02. The molecule has 6 atom stereocenters. The monoisotopic (exact) mass is 428 g/mol. The number of nitriles is 1. The van der Waals surface area contributed by atoms with E-state index in [1.165, 1.54) is 19.5 Å². The van der Waals surface area contributed by atoms with Crippen LogP contribution in [0.2, 0.25) is 5.02 Å². The van der Waals surface area contributed by atoms with Gasteiger partial charge in [0.25, 0.3) is 0 Å². The molecule has 1 amide bonds. The zero-order valence-electron chi connectivity index (χ0n) is 17.1. The number of carbonyl (C=O) groups excluding carboxylic acids is 1. The summed E-state index contributed by atoms with van der Waals surface area (Å²) in [5, 5.41) is 19.4. The molecule has 5 rings (SSSR count). The second-order valence-electron chi connectivity index (χ2n) is 9.00. The first kappa shape index (κ1) is 20.1. The molecule has 1 aliphatic carbocycles. The summed E-state index contributed by atoms with van der Waals surface area (Å²) in [6.45, 7) is 3.03. The molecule has 160 valence electrons. The Morgan fingerprint density at radius 2 is 1.93 bits per heavy atom. The fourth-order valence-electron chi connectivity index (χ4n) is 5.67. The summed E-state index contributed by atoms with van der Waals surface area (Å²) in [5.41, 5.74) is 4.52. The average molecular weight is 429 g/mol. The van der Waals surface area contributed by atoms with Crippen LogP contribution in [0.3, 0.4) is 0 Å². The van der Waals surface area contributed by atoms with Gasteiger partial charge in [-0.1, -0.05) is 11.6 Å². The quantitative estimate of drug-likeness (QED) is 0.681. The summed E-state index contributed by atoms with van der Waals surface area (Å²) in [5.74, 6) is -0.130. The van der Waals surface area contributed by atoms with Crippen molar-refractivity contribution in [3.8, 4) is 6.07 Å². The van der Waals surface area contributed by atoms with E-state index in [4.69, 9.17) is 11.6 Å². The number of nitrogens with one attached hydrogen (secondary N) is 3. The summed E-state index contributed by atoms with van der Waals surface area (Å²) in [6, 6.07) is 10.9. The van der Waals surface area contributed by atoms with E-state index in [2.05, 4.69) is 32.0 Å². The molecule has 4 fully saturated rings.